The molecule has 0 bridgehead atoms. The van der Waals surface area contributed by atoms with Crippen LogP contribution >= 0.6 is 11.6 Å². The number of nitrogens with two attached hydrogens (primary N) is 1. The Bertz CT molecular complexity index is 845. The minimum absolute atomic E-state index is 0.0791. The van der Waals surface area contributed by atoms with Crippen LogP contribution in [0.15, 0.2) is 23.0 Å². The van der Waals surface area contributed by atoms with Crippen molar-refractivity contribution in [3.63, 3.8) is 0 Å². The van der Waals surface area contributed by atoms with Gasteiger partial charge in [-0.3, -0.25) is 9.36 Å². The quantitative estimate of drug-likeness (QED) is 0.877. The van der Waals surface area contributed by atoms with Crippen LogP contribution < -0.4 is 11.3 Å². The molecule has 0 unspecified atom stereocenters. The first kappa shape index (κ1) is 16.7. The van der Waals surface area contributed by atoms with Gasteiger partial charge in [0.1, 0.15) is 0 Å². The summed E-state index contributed by atoms with van der Waals surface area (Å²) in [5.41, 5.74) is 5.26. The summed E-state index contributed by atoms with van der Waals surface area (Å²) in [6.07, 6.45) is -0.391. The summed E-state index contributed by atoms with van der Waals surface area (Å²) in [5, 5.41) is 9.88. The number of primary amides is 1. The molecule has 1 aromatic heterocycles. The number of aliphatic hydroxyl groups is 1. The summed E-state index contributed by atoms with van der Waals surface area (Å²) in [6.45, 7) is 1.69. The highest BCUT2D eigenvalue weighted by molar-refractivity contribution is 6.35. The van der Waals surface area contributed by atoms with E-state index in [1.54, 1.807) is 25.1 Å². The van der Waals surface area contributed by atoms with Crippen LogP contribution in [0, 0.1) is 5.92 Å². The number of halogens is 1. The van der Waals surface area contributed by atoms with Crippen LogP contribution in [0.25, 0.3) is 10.9 Å². The van der Waals surface area contributed by atoms with Gasteiger partial charge in [-0.15, -0.1) is 0 Å². The number of aromatic nitrogens is 2. The van der Waals surface area contributed by atoms with Crippen molar-refractivity contribution in [2.24, 2.45) is 11.7 Å². The Morgan fingerprint density at radius 1 is 1.54 bits per heavy atom. The number of rotatable bonds is 4. The number of amides is 1. The Morgan fingerprint density at radius 3 is 2.88 bits per heavy atom. The van der Waals surface area contributed by atoms with E-state index in [1.807, 2.05) is 0 Å². The Kier molecular flexibility index (Phi) is 4.47. The number of ether oxygens (including phenoxy) is 1. The van der Waals surface area contributed by atoms with Crippen LogP contribution in [0.4, 0.5) is 4.79 Å². The minimum Gasteiger partial charge on any atom is -0.439 e. The van der Waals surface area contributed by atoms with Crippen LogP contribution in [0.1, 0.15) is 37.7 Å². The molecule has 0 saturated heterocycles. The van der Waals surface area contributed by atoms with Gasteiger partial charge in [-0.05, 0) is 37.8 Å². The molecule has 3 rings (SSSR count). The Labute approximate surface area is 143 Å². The Balaban J connectivity index is 2.17. The standard InChI is InChI=1S/C16H18ClN3O4/c1-8(24-16(18)23)14-19-12-4-2-3-11(17)13(12)15(22)20(14)10-5-9(6-10)7-21/h2-4,8-10,21H,5-7H2,1H3,(H2,18,23)/t8-,9?,10?/m0/s1. The molecule has 24 heavy (non-hydrogen) atoms. The lowest BCUT2D eigenvalue weighted by Crippen LogP contribution is -2.38. The normalized spacial score (nSPS) is 21.3. The van der Waals surface area contributed by atoms with E-state index in [0.29, 0.717) is 34.6 Å². The monoisotopic (exact) mass is 351 g/mol. The van der Waals surface area contributed by atoms with Gasteiger partial charge in [-0.25, -0.2) is 9.78 Å². The molecule has 2 aromatic rings. The summed E-state index contributed by atoms with van der Waals surface area (Å²) in [5.74, 6) is 0.485. The molecule has 0 spiro atoms. The summed E-state index contributed by atoms with van der Waals surface area (Å²) in [6, 6.07) is 4.91. The molecule has 1 aromatic carbocycles. The highest BCUT2D eigenvalue weighted by atomic mass is 35.5. The fourth-order valence-electron chi connectivity index (χ4n) is 3.15. The van der Waals surface area contributed by atoms with E-state index < -0.39 is 12.2 Å². The first-order chi connectivity index (χ1) is 11.4. The predicted octanol–water partition coefficient (Wildman–Crippen LogP) is 2.15. The molecule has 1 aliphatic carbocycles. The average Bonchev–Trinajstić information content (AvgIpc) is 2.47. The average molecular weight is 352 g/mol. The highest BCUT2D eigenvalue weighted by Gasteiger charge is 2.34. The number of nitrogens with zero attached hydrogens (tertiary/aromatic N) is 2. The molecule has 8 heteroatoms. The number of benzene rings is 1. The van der Waals surface area contributed by atoms with E-state index in [2.05, 4.69) is 4.98 Å². The molecular formula is C16H18ClN3O4. The summed E-state index contributed by atoms with van der Waals surface area (Å²) in [4.78, 5) is 28.6. The topological polar surface area (TPSA) is 107 Å². The van der Waals surface area contributed by atoms with Crippen LogP contribution in [-0.2, 0) is 4.74 Å². The molecule has 3 N–H and O–H groups in total. The minimum atomic E-state index is -0.934. The number of fused-ring (bicyclic) bond motifs is 1. The van der Waals surface area contributed by atoms with Gasteiger partial charge in [0.05, 0.1) is 15.9 Å². The zero-order valence-corrected chi connectivity index (χ0v) is 13.9. The van der Waals surface area contributed by atoms with Crippen LogP contribution in [0.2, 0.25) is 5.02 Å². The number of hydrogen-bond acceptors (Lipinski definition) is 5. The maximum atomic E-state index is 13.0. The third kappa shape index (κ3) is 2.85. The van der Waals surface area contributed by atoms with Gasteiger partial charge in [0.2, 0.25) is 0 Å². The van der Waals surface area contributed by atoms with Crippen molar-refractivity contribution < 1.29 is 14.6 Å². The van der Waals surface area contributed by atoms with Crippen molar-refractivity contribution in [2.75, 3.05) is 6.61 Å². The molecule has 1 heterocycles. The first-order valence-corrected chi connectivity index (χ1v) is 8.07. The highest BCUT2D eigenvalue weighted by Crippen LogP contribution is 2.38. The smallest absolute Gasteiger partial charge is 0.405 e. The lowest BCUT2D eigenvalue weighted by atomic mass is 9.80. The van der Waals surface area contributed by atoms with Crippen molar-refractivity contribution >= 4 is 28.6 Å². The molecule has 128 valence electrons. The van der Waals surface area contributed by atoms with E-state index in [1.165, 1.54) is 4.57 Å². The number of aliphatic hydroxyl groups excluding tert-OH is 1. The van der Waals surface area contributed by atoms with Crippen molar-refractivity contribution in [3.05, 3.63) is 39.4 Å². The lowest BCUT2D eigenvalue weighted by Gasteiger charge is -2.37. The second-order valence-corrected chi connectivity index (χ2v) is 6.44. The Hall–Kier alpha value is -2.12. The predicted molar refractivity (Wildman–Crippen MR) is 88.9 cm³/mol. The molecule has 1 amide bonds. The lowest BCUT2D eigenvalue weighted by molar-refractivity contribution is 0.0869. The van der Waals surface area contributed by atoms with Crippen molar-refractivity contribution in [3.8, 4) is 0 Å². The largest absolute Gasteiger partial charge is 0.439 e. The fraction of sp³-hybridized carbons (Fsp3) is 0.438. The van der Waals surface area contributed by atoms with Crippen LogP contribution in [-0.4, -0.2) is 27.4 Å². The van der Waals surface area contributed by atoms with Crippen molar-refractivity contribution in [2.45, 2.75) is 31.9 Å². The molecule has 0 aliphatic heterocycles. The number of carbonyl (C=O) groups excluding carboxylic acids is 1. The first-order valence-electron chi connectivity index (χ1n) is 7.70. The summed E-state index contributed by atoms with van der Waals surface area (Å²) in [7, 11) is 0. The fourth-order valence-corrected chi connectivity index (χ4v) is 3.40. The second-order valence-electron chi connectivity index (χ2n) is 6.03. The van der Waals surface area contributed by atoms with E-state index in [9.17, 15) is 14.7 Å². The third-order valence-electron chi connectivity index (χ3n) is 4.40. The van der Waals surface area contributed by atoms with Gasteiger partial charge in [0.25, 0.3) is 5.56 Å². The zero-order chi connectivity index (χ0) is 17.4. The second kappa shape index (κ2) is 6.41. The molecular weight excluding hydrogens is 334 g/mol. The van der Waals surface area contributed by atoms with Crippen LogP contribution in [0.5, 0.6) is 0 Å². The molecule has 1 saturated carbocycles. The molecule has 1 aliphatic rings. The van der Waals surface area contributed by atoms with Gasteiger partial charge < -0.3 is 15.6 Å². The summed E-state index contributed by atoms with van der Waals surface area (Å²) < 4.78 is 6.54. The van der Waals surface area contributed by atoms with Gasteiger partial charge in [0, 0.05) is 12.6 Å². The Morgan fingerprint density at radius 2 is 2.25 bits per heavy atom. The molecule has 1 atom stereocenters. The molecule has 1 fully saturated rings. The SMILES string of the molecule is C[C@H](OC(N)=O)c1nc2cccc(Cl)c2c(=O)n1C1CC(CO)C1. The molecule has 7 nitrogen and oxygen atoms in total. The number of carbonyl (C=O) groups is 1. The van der Waals surface area contributed by atoms with E-state index in [0.717, 1.165) is 0 Å². The van der Waals surface area contributed by atoms with Crippen molar-refractivity contribution in [1.29, 1.82) is 0 Å². The van der Waals surface area contributed by atoms with Crippen LogP contribution in [0.3, 0.4) is 0 Å². The number of hydrogen-bond donors (Lipinski definition) is 2. The van der Waals surface area contributed by atoms with Gasteiger partial charge in [-0.1, -0.05) is 17.7 Å². The summed E-state index contributed by atoms with van der Waals surface area (Å²) >= 11 is 6.17. The van der Waals surface area contributed by atoms with Gasteiger partial charge in [-0.2, -0.15) is 0 Å². The van der Waals surface area contributed by atoms with Gasteiger partial charge >= 0.3 is 6.09 Å². The van der Waals surface area contributed by atoms with E-state index in [4.69, 9.17) is 22.1 Å². The molecule has 0 radical (unpaired) electrons. The third-order valence-corrected chi connectivity index (χ3v) is 4.71. The van der Waals surface area contributed by atoms with E-state index in [-0.39, 0.29) is 24.1 Å². The van der Waals surface area contributed by atoms with Gasteiger partial charge in [0.15, 0.2) is 11.9 Å². The maximum absolute atomic E-state index is 13.0. The maximum Gasteiger partial charge on any atom is 0.405 e. The van der Waals surface area contributed by atoms with Crippen molar-refractivity contribution in [1.82, 2.24) is 9.55 Å². The zero-order valence-electron chi connectivity index (χ0n) is 13.1. The van der Waals surface area contributed by atoms with E-state index >= 15 is 0 Å².